The molecule has 0 saturated carbocycles. The summed E-state index contributed by atoms with van der Waals surface area (Å²) in [5.41, 5.74) is 0. The molecule has 2 heterocycles. The van der Waals surface area contributed by atoms with Gasteiger partial charge in [0, 0.05) is 30.6 Å². The minimum Gasteiger partial charge on any atom is -0.386 e. The minimum absolute atomic E-state index is 0. The summed E-state index contributed by atoms with van der Waals surface area (Å²) in [5, 5.41) is 17.0. The van der Waals surface area contributed by atoms with E-state index >= 15 is 0 Å². The van der Waals surface area contributed by atoms with Gasteiger partial charge in [0.2, 0.25) is 0 Å². The van der Waals surface area contributed by atoms with Crippen LogP contribution in [0.5, 0.6) is 0 Å². The maximum absolute atomic E-state index is 10.2. The summed E-state index contributed by atoms with van der Waals surface area (Å²) in [7, 11) is 0. The third kappa shape index (κ3) is 7.99. The first kappa shape index (κ1) is 23.0. The van der Waals surface area contributed by atoms with E-state index in [0.717, 1.165) is 43.3 Å². The lowest BCUT2D eigenvalue weighted by molar-refractivity contribution is 0.190. The number of nitrogens with zero attached hydrogens (tertiary/aromatic N) is 2. The molecule has 1 aromatic heterocycles. The zero-order chi connectivity index (χ0) is 17.4. The first-order valence-corrected chi connectivity index (χ1v) is 10.0. The number of guanidine groups is 1. The lowest BCUT2D eigenvalue weighted by atomic mass is 10.1. The van der Waals surface area contributed by atoms with Crippen molar-refractivity contribution in [3.8, 4) is 0 Å². The number of rotatable bonds is 7. The molecule has 1 fully saturated rings. The van der Waals surface area contributed by atoms with Crippen molar-refractivity contribution < 1.29 is 5.11 Å². The standard InChI is InChI=1S/C17H29ClN4OS.HI/c1-3-9-22-10-7-13(8-11-22)21-17(19-4-2)20-12-14(23)15-5-6-16(18)24-15;/h5-6,13-14,23H,3-4,7-12H2,1-2H3,(H2,19,20,21);1H. The second-order valence-electron chi connectivity index (χ2n) is 6.14. The lowest BCUT2D eigenvalue weighted by Gasteiger charge is -2.32. The third-order valence-electron chi connectivity index (χ3n) is 4.16. The van der Waals surface area contributed by atoms with Gasteiger partial charge in [-0.15, -0.1) is 35.3 Å². The lowest BCUT2D eigenvalue weighted by Crippen LogP contribution is -2.48. The van der Waals surface area contributed by atoms with Crippen LogP contribution in [0.25, 0.3) is 0 Å². The van der Waals surface area contributed by atoms with Crippen LogP contribution in [0.2, 0.25) is 4.34 Å². The average Bonchev–Trinajstić information content (AvgIpc) is 3.01. The first-order chi connectivity index (χ1) is 11.6. The number of nitrogens with one attached hydrogen (secondary N) is 2. The molecular weight excluding hydrogens is 471 g/mol. The topological polar surface area (TPSA) is 59.9 Å². The van der Waals surface area contributed by atoms with Gasteiger partial charge in [-0.05, 0) is 44.9 Å². The highest BCUT2D eigenvalue weighted by atomic mass is 127. The average molecular weight is 501 g/mol. The number of likely N-dealkylation sites (tertiary alicyclic amines) is 1. The van der Waals surface area contributed by atoms with Crippen molar-refractivity contribution in [2.75, 3.05) is 32.7 Å². The summed E-state index contributed by atoms with van der Waals surface area (Å²) in [4.78, 5) is 7.92. The molecule has 0 aromatic carbocycles. The van der Waals surface area contributed by atoms with Crippen molar-refractivity contribution in [2.45, 2.75) is 45.3 Å². The van der Waals surface area contributed by atoms with E-state index in [1.165, 1.54) is 24.3 Å². The molecule has 1 aliphatic heterocycles. The van der Waals surface area contributed by atoms with Gasteiger partial charge in [0.05, 0.1) is 10.9 Å². The molecular formula is C17H30ClIN4OS. The molecule has 2 rings (SSSR count). The number of halogens is 2. The van der Waals surface area contributed by atoms with Gasteiger partial charge in [0.1, 0.15) is 6.10 Å². The molecule has 3 N–H and O–H groups in total. The van der Waals surface area contributed by atoms with Crippen LogP contribution in [0.4, 0.5) is 0 Å². The summed E-state index contributed by atoms with van der Waals surface area (Å²) in [6, 6.07) is 4.11. The predicted octanol–water partition coefficient (Wildman–Crippen LogP) is 3.48. The highest BCUT2D eigenvalue weighted by molar-refractivity contribution is 14.0. The largest absolute Gasteiger partial charge is 0.386 e. The second kappa shape index (κ2) is 12.3. The summed E-state index contributed by atoms with van der Waals surface area (Å²) < 4.78 is 0.692. The first-order valence-electron chi connectivity index (χ1n) is 8.82. The van der Waals surface area contributed by atoms with Crippen molar-refractivity contribution in [2.24, 2.45) is 4.99 Å². The number of aliphatic imine (C=N–C) groups is 1. The van der Waals surface area contributed by atoms with E-state index in [1.807, 2.05) is 12.1 Å². The molecule has 0 bridgehead atoms. The monoisotopic (exact) mass is 500 g/mol. The van der Waals surface area contributed by atoms with E-state index < -0.39 is 6.10 Å². The molecule has 0 aliphatic carbocycles. The van der Waals surface area contributed by atoms with Crippen molar-refractivity contribution in [3.05, 3.63) is 21.3 Å². The Labute approximate surface area is 177 Å². The van der Waals surface area contributed by atoms with Crippen LogP contribution >= 0.6 is 46.9 Å². The molecule has 0 spiro atoms. The Morgan fingerprint density at radius 2 is 2.12 bits per heavy atom. The van der Waals surface area contributed by atoms with Crippen LogP contribution < -0.4 is 10.6 Å². The SMILES string of the molecule is CCCN1CCC(NC(=NCC(O)c2ccc(Cl)s2)NCC)CC1.I. The van der Waals surface area contributed by atoms with Gasteiger partial charge in [-0.1, -0.05) is 18.5 Å². The highest BCUT2D eigenvalue weighted by Gasteiger charge is 2.19. The van der Waals surface area contributed by atoms with Gasteiger partial charge >= 0.3 is 0 Å². The molecule has 25 heavy (non-hydrogen) atoms. The quantitative estimate of drug-likeness (QED) is 0.305. The molecule has 5 nitrogen and oxygen atoms in total. The van der Waals surface area contributed by atoms with Crippen LogP contribution in [0, 0.1) is 0 Å². The zero-order valence-corrected chi connectivity index (χ0v) is 18.9. The normalized spacial score (nSPS) is 17.8. The van der Waals surface area contributed by atoms with Gasteiger partial charge in [-0.25, -0.2) is 0 Å². The van der Waals surface area contributed by atoms with Crippen molar-refractivity contribution in [1.82, 2.24) is 15.5 Å². The molecule has 1 aromatic rings. The Hall–Kier alpha value is -0.0900. The summed E-state index contributed by atoms with van der Waals surface area (Å²) in [5.74, 6) is 0.785. The molecule has 1 aliphatic rings. The van der Waals surface area contributed by atoms with Gasteiger partial charge in [0.15, 0.2) is 5.96 Å². The fourth-order valence-electron chi connectivity index (χ4n) is 2.91. The summed E-state index contributed by atoms with van der Waals surface area (Å²) in [6.45, 7) is 8.89. The van der Waals surface area contributed by atoms with Crippen molar-refractivity contribution >= 4 is 52.9 Å². The van der Waals surface area contributed by atoms with Crippen LogP contribution in [-0.4, -0.2) is 54.7 Å². The molecule has 1 atom stereocenters. The van der Waals surface area contributed by atoms with Crippen LogP contribution in [0.15, 0.2) is 17.1 Å². The minimum atomic E-state index is -0.607. The van der Waals surface area contributed by atoms with Gasteiger partial charge in [-0.3, -0.25) is 4.99 Å². The molecule has 0 amide bonds. The Balaban J connectivity index is 0.00000312. The van der Waals surface area contributed by atoms with E-state index in [-0.39, 0.29) is 24.0 Å². The summed E-state index contributed by atoms with van der Waals surface area (Å²) in [6.07, 6.45) is 2.87. The van der Waals surface area contributed by atoms with Crippen LogP contribution in [0.1, 0.15) is 44.1 Å². The molecule has 144 valence electrons. The molecule has 8 heteroatoms. The van der Waals surface area contributed by atoms with E-state index in [9.17, 15) is 5.11 Å². The Morgan fingerprint density at radius 3 is 2.68 bits per heavy atom. The third-order valence-corrected chi connectivity index (χ3v) is 5.49. The van der Waals surface area contributed by atoms with Gasteiger partial charge in [0.25, 0.3) is 0 Å². The van der Waals surface area contributed by atoms with Crippen molar-refractivity contribution in [1.29, 1.82) is 0 Å². The van der Waals surface area contributed by atoms with E-state index in [1.54, 1.807) is 0 Å². The Kier molecular flexibility index (Phi) is 11.3. The fourth-order valence-corrected chi connectivity index (χ4v) is 3.94. The number of thiophene rings is 1. The molecule has 0 radical (unpaired) electrons. The van der Waals surface area contributed by atoms with Crippen molar-refractivity contribution in [3.63, 3.8) is 0 Å². The van der Waals surface area contributed by atoms with Crippen LogP contribution in [0.3, 0.4) is 0 Å². The number of aliphatic hydroxyl groups is 1. The van der Waals surface area contributed by atoms with Gasteiger partial charge in [-0.2, -0.15) is 0 Å². The van der Waals surface area contributed by atoms with Gasteiger partial charge < -0.3 is 20.6 Å². The number of hydrogen-bond donors (Lipinski definition) is 3. The molecule has 1 saturated heterocycles. The predicted molar refractivity (Wildman–Crippen MR) is 119 cm³/mol. The Morgan fingerprint density at radius 1 is 1.40 bits per heavy atom. The number of piperidine rings is 1. The summed E-state index contributed by atoms with van der Waals surface area (Å²) >= 11 is 7.32. The fraction of sp³-hybridized carbons (Fsp3) is 0.706. The van der Waals surface area contributed by atoms with E-state index in [2.05, 4.69) is 34.4 Å². The van der Waals surface area contributed by atoms with E-state index in [4.69, 9.17) is 11.6 Å². The number of aliphatic hydroxyl groups excluding tert-OH is 1. The second-order valence-corrected chi connectivity index (χ2v) is 7.88. The smallest absolute Gasteiger partial charge is 0.191 e. The zero-order valence-electron chi connectivity index (χ0n) is 15.0. The van der Waals surface area contributed by atoms with Crippen LogP contribution in [-0.2, 0) is 0 Å². The maximum atomic E-state index is 10.2. The molecule has 1 unspecified atom stereocenters. The Bertz CT molecular complexity index is 521. The maximum Gasteiger partial charge on any atom is 0.191 e. The van der Waals surface area contributed by atoms with E-state index in [0.29, 0.717) is 16.9 Å². The number of hydrogen-bond acceptors (Lipinski definition) is 4. The highest BCUT2D eigenvalue weighted by Crippen LogP contribution is 2.26.